The number of aromatic nitrogens is 2. The number of hydrogen-bond donors (Lipinski definition) is 1. The Balaban J connectivity index is 1.86. The van der Waals surface area contributed by atoms with Crippen molar-refractivity contribution in [3.63, 3.8) is 0 Å². The Hall–Kier alpha value is -0.520. The average molecular weight is 269 g/mol. The van der Waals surface area contributed by atoms with Gasteiger partial charge in [-0.05, 0) is 19.4 Å². The maximum absolute atomic E-state index is 5.51. The minimum Gasteiger partial charge on any atom is -0.381 e. The maximum atomic E-state index is 5.51. The van der Waals surface area contributed by atoms with Crippen LogP contribution in [0, 0.1) is 5.92 Å². The lowest BCUT2D eigenvalue weighted by atomic mass is 10.0. The zero-order valence-corrected chi connectivity index (χ0v) is 12.1. The van der Waals surface area contributed by atoms with Crippen LogP contribution in [0.1, 0.15) is 19.8 Å². The number of aryl methyl sites for hydroxylation is 1. The zero-order valence-electron chi connectivity index (χ0n) is 11.3. The van der Waals surface area contributed by atoms with Crippen molar-refractivity contribution in [1.29, 1.82) is 0 Å². The predicted molar refractivity (Wildman–Crippen MR) is 74.9 cm³/mol. The van der Waals surface area contributed by atoms with Gasteiger partial charge in [-0.3, -0.25) is 0 Å². The van der Waals surface area contributed by atoms with Crippen molar-refractivity contribution in [3.05, 3.63) is 12.4 Å². The Bertz CT molecular complexity index is 350. The van der Waals surface area contributed by atoms with Crippen molar-refractivity contribution >= 4 is 11.8 Å². The summed E-state index contributed by atoms with van der Waals surface area (Å²) in [6.45, 7) is 5.12. The molecule has 0 amide bonds. The summed E-state index contributed by atoms with van der Waals surface area (Å²) in [6.07, 6.45) is 6.21. The van der Waals surface area contributed by atoms with Gasteiger partial charge in [0.25, 0.3) is 0 Å². The number of imidazole rings is 1. The van der Waals surface area contributed by atoms with Crippen LogP contribution in [0.25, 0.3) is 0 Å². The topological polar surface area (TPSA) is 39.1 Å². The first-order valence-corrected chi connectivity index (χ1v) is 7.71. The summed E-state index contributed by atoms with van der Waals surface area (Å²) >= 11 is 1.83. The Labute approximate surface area is 114 Å². The number of rotatable bonds is 7. The lowest BCUT2D eigenvalue weighted by molar-refractivity contribution is 0.179. The van der Waals surface area contributed by atoms with Gasteiger partial charge in [0.2, 0.25) is 0 Å². The fourth-order valence-corrected chi connectivity index (χ4v) is 3.34. The first-order valence-electron chi connectivity index (χ1n) is 6.72. The van der Waals surface area contributed by atoms with E-state index in [1.807, 2.05) is 31.2 Å². The zero-order chi connectivity index (χ0) is 12.8. The third-order valence-electron chi connectivity index (χ3n) is 3.36. The second kappa shape index (κ2) is 7.16. The molecule has 102 valence electrons. The summed E-state index contributed by atoms with van der Waals surface area (Å²) in [5.41, 5.74) is 0. The Morgan fingerprint density at radius 2 is 2.56 bits per heavy atom. The third kappa shape index (κ3) is 3.73. The number of nitrogens with zero attached hydrogens (tertiary/aromatic N) is 2. The number of ether oxygens (including phenoxy) is 1. The molecule has 0 spiro atoms. The highest BCUT2D eigenvalue weighted by Gasteiger charge is 2.25. The third-order valence-corrected chi connectivity index (χ3v) is 4.54. The minimum absolute atomic E-state index is 0.536. The molecule has 1 aromatic rings. The van der Waals surface area contributed by atoms with E-state index in [0.717, 1.165) is 30.7 Å². The van der Waals surface area contributed by atoms with Crippen LogP contribution < -0.4 is 5.32 Å². The summed E-state index contributed by atoms with van der Waals surface area (Å²) in [7, 11) is 2.04. The van der Waals surface area contributed by atoms with Gasteiger partial charge in [0, 0.05) is 43.8 Å². The SMILES string of the molecule is CCCNC(CSc1nccn1C)C1CCOC1. The Morgan fingerprint density at radius 3 is 3.17 bits per heavy atom. The summed E-state index contributed by atoms with van der Waals surface area (Å²) in [5.74, 6) is 1.73. The predicted octanol–water partition coefficient (Wildman–Crippen LogP) is 1.92. The van der Waals surface area contributed by atoms with E-state index in [1.165, 1.54) is 12.8 Å². The molecule has 18 heavy (non-hydrogen) atoms. The van der Waals surface area contributed by atoms with Gasteiger partial charge < -0.3 is 14.6 Å². The summed E-state index contributed by atoms with van der Waals surface area (Å²) in [6, 6.07) is 0.536. The summed E-state index contributed by atoms with van der Waals surface area (Å²) in [5, 5.41) is 4.75. The molecule has 0 radical (unpaired) electrons. The smallest absolute Gasteiger partial charge is 0.167 e. The van der Waals surface area contributed by atoms with Crippen molar-refractivity contribution < 1.29 is 4.74 Å². The standard InChI is InChI=1S/C13H23N3OS/c1-3-5-14-12(11-4-8-17-9-11)10-18-13-15-6-7-16(13)2/h6-7,11-12,14H,3-5,8-10H2,1-2H3. The van der Waals surface area contributed by atoms with Crippen molar-refractivity contribution in [3.8, 4) is 0 Å². The molecule has 0 saturated carbocycles. The molecule has 1 aliphatic heterocycles. The molecule has 4 nitrogen and oxygen atoms in total. The van der Waals surface area contributed by atoms with Gasteiger partial charge in [-0.15, -0.1) is 0 Å². The van der Waals surface area contributed by atoms with E-state index in [-0.39, 0.29) is 0 Å². The van der Waals surface area contributed by atoms with E-state index < -0.39 is 0 Å². The van der Waals surface area contributed by atoms with Crippen molar-refractivity contribution in [2.75, 3.05) is 25.5 Å². The van der Waals surface area contributed by atoms with Gasteiger partial charge in [0.1, 0.15) is 0 Å². The van der Waals surface area contributed by atoms with Gasteiger partial charge in [0.05, 0.1) is 6.61 Å². The summed E-state index contributed by atoms with van der Waals surface area (Å²) < 4.78 is 7.58. The molecule has 2 heterocycles. The van der Waals surface area contributed by atoms with Gasteiger partial charge >= 0.3 is 0 Å². The average Bonchev–Trinajstić information content (AvgIpc) is 3.01. The second-order valence-electron chi connectivity index (χ2n) is 4.82. The van der Waals surface area contributed by atoms with E-state index in [2.05, 4.69) is 21.8 Å². The lowest BCUT2D eigenvalue weighted by Gasteiger charge is -2.23. The normalized spacial score (nSPS) is 21.3. The summed E-state index contributed by atoms with van der Waals surface area (Å²) in [4.78, 5) is 4.36. The fraction of sp³-hybridized carbons (Fsp3) is 0.769. The molecule has 1 fully saturated rings. The number of thioether (sulfide) groups is 1. The van der Waals surface area contributed by atoms with E-state index >= 15 is 0 Å². The molecule has 2 atom stereocenters. The van der Waals surface area contributed by atoms with Crippen molar-refractivity contribution in [2.45, 2.75) is 31.0 Å². The number of hydrogen-bond acceptors (Lipinski definition) is 4. The molecule has 0 bridgehead atoms. The molecule has 1 saturated heterocycles. The fourth-order valence-electron chi connectivity index (χ4n) is 2.22. The molecule has 1 N–H and O–H groups in total. The monoisotopic (exact) mass is 269 g/mol. The molecular weight excluding hydrogens is 246 g/mol. The van der Waals surface area contributed by atoms with Crippen molar-refractivity contribution in [1.82, 2.24) is 14.9 Å². The van der Waals surface area contributed by atoms with E-state index in [9.17, 15) is 0 Å². The van der Waals surface area contributed by atoms with Crippen LogP contribution in [0.5, 0.6) is 0 Å². The quantitative estimate of drug-likeness (QED) is 0.768. The maximum Gasteiger partial charge on any atom is 0.167 e. The number of nitrogens with one attached hydrogen (secondary N) is 1. The van der Waals surface area contributed by atoms with Crippen LogP contribution in [0.2, 0.25) is 0 Å². The first kappa shape index (κ1) is 13.9. The largest absolute Gasteiger partial charge is 0.381 e. The van der Waals surface area contributed by atoms with Gasteiger partial charge in [0.15, 0.2) is 5.16 Å². The molecule has 2 unspecified atom stereocenters. The van der Waals surface area contributed by atoms with Crippen LogP contribution in [0.3, 0.4) is 0 Å². The van der Waals surface area contributed by atoms with Gasteiger partial charge in [-0.1, -0.05) is 18.7 Å². The van der Waals surface area contributed by atoms with Crippen LogP contribution in [-0.2, 0) is 11.8 Å². The Morgan fingerprint density at radius 1 is 1.67 bits per heavy atom. The molecule has 1 aliphatic rings. The van der Waals surface area contributed by atoms with E-state index in [4.69, 9.17) is 4.74 Å². The minimum atomic E-state index is 0.536. The Kier molecular flexibility index (Phi) is 5.53. The van der Waals surface area contributed by atoms with E-state index in [0.29, 0.717) is 12.0 Å². The van der Waals surface area contributed by atoms with Crippen LogP contribution >= 0.6 is 11.8 Å². The van der Waals surface area contributed by atoms with Crippen LogP contribution in [0.4, 0.5) is 0 Å². The van der Waals surface area contributed by atoms with Crippen LogP contribution in [-0.4, -0.2) is 41.1 Å². The second-order valence-corrected chi connectivity index (χ2v) is 5.80. The van der Waals surface area contributed by atoms with E-state index in [1.54, 1.807) is 0 Å². The molecule has 0 aliphatic carbocycles. The van der Waals surface area contributed by atoms with Gasteiger partial charge in [-0.25, -0.2) is 4.98 Å². The molecule has 5 heteroatoms. The highest BCUT2D eigenvalue weighted by atomic mass is 32.2. The first-order chi connectivity index (χ1) is 8.81. The van der Waals surface area contributed by atoms with Crippen LogP contribution in [0.15, 0.2) is 17.6 Å². The van der Waals surface area contributed by atoms with Crippen molar-refractivity contribution in [2.24, 2.45) is 13.0 Å². The molecule has 0 aromatic carbocycles. The van der Waals surface area contributed by atoms with Gasteiger partial charge in [-0.2, -0.15) is 0 Å². The highest BCUT2D eigenvalue weighted by Crippen LogP contribution is 2.23. The molecular formula is C13H23N3OS. The molecule has 2 rings (SSSR count). The molecule has 1 aromatic heterocycles. The highest BCUT2D eigenvalue weighted by molar-refractivity contribution is 7.99. The lowest BCUT2D eigenvalue weighted by Crippen LogP contribution is -2.39.